The van der Waals surface area contributed by atoms with Crippen molar-refractivity contribution in [3.05, 3.63) is 54.1 Å². The Morgan fingerprint density at radius 2 is 1.75 bits per heavy atom. The average Bonchev–Trinajstić information content (AvgIpc) is 2.47. The van der Waals surface area contributed by atoms with Crippen molar-refractivity contribution in [1.29, 1.82) is 5.26 Å². The zero-order chi connectivity index (χ0) is 14.6. The topological polar surface area (TPSA) is 70.0 Å². The zero-order valence-electron chi connectivity index (χ0n) is 11.0. The quantitative estimate of drug-likeness (QED) is 0.694. The second-order valence-corrected chi connectivity index (χ2v) is 5.93. The molecule has 0 fully saturated rings. The fourth-order valence-electron chi connectivity index (χ4n) is 2.04. The van der Waals surface area contributed by atoms with Gasteiger partial charge >= 0.3 is 0 Å². The summed E-state index contributed by atoms with van der Waals surface area (Å²) in [6, 6.07) is 14.5. The van der Waals surface area contributed by atoms with E-state index < -0.39 is 10.0 Å². The van der Waals surface area contributed by atoms with Gasteiger partial charge in [-0.2, -0.15) is 5.26 Å². The van der Waals surface area contributed by atoms with Crippen LogP contribution < -0.4 is 4.72 Å². The van der Waals surface area contributed by atoms with Gasteiger partial charge in [0.25, 0.3) is 10.0 Å². The minimum Gasteiger partial charge on any atom is -0.215 e. The number of nitrogens with zero attached hydrogens (tertiary/aromatic N) is 1. The van der Waals surface area contributed by atoms with Gasteiger partial charge in [0, 0.05) is 0 Å². The van der Waals surface area contributed by atoms with Gasteiger partial charge in [-0.05, 0) is 35.2 Å². The number of rotatable bonds is 4. The van der Waals surface area contributed by atoms with E-state index in [0.29, 0.717) is 0 Å². The Hall–Kier alpha value is -2.32. The number of nitriles is 1. The predicted octanol–water partition coefficient (Wildman–Crippen LogP) is 2.68. The highest BCUT2D eigenvalue weighted by molar-refractivity contribution is 7.89. The van der Waals surface area contributed by atoms with Crippen LogP contribution in [0.5, 0.6) is 0 Å². The van der Waals surface area contributed by atoms with Crippen molar-refractivity contribution in [2.24, 2.45) is 0 Å². The lowest BCUT2D eigenvalue weighted by atomic mass is 9.98. The first-order chi connectivity index (χ1) is 9.58. The first-order valence-corrected chi connectivity index (χ1v) is 7.66. The van der Waals surface area contributed by atoms with Crippen molar-refractivity contribution < 1.29 is 8.42 Å². The van der Waals surface area contributed by atoms with E-state index in [2.05, 4.69) is 13.0 Å². The molecule has 0 bridgehead atoms. The van der Waals surface area contributed by atoms with Crippen molar-refractivity contribution in [1.82, 2.24) is 4.72 Å². The Kier molecular flexibility index (Phi) is 4.06. The van der Waals surface area contributed by atoms with Gasteiger partial charge in [-0.3, -0.25) is 0 Å². The molecule has 0 saturated heterocycles. The SMILES string of the molecule is CCc1ccccc1-c1ccc(S(=O)(=O)NC#N)cc1. The molecule has 2 aromatic carbocycles. The summed E-state index contributed by atoms with van der Waals surface area (Å²) in [6.45, 7) is 2.08. The summed E-state index contributed by atoms with van der Waals surface area (Å²) in [5.41, 5.74) is 3.25. The predicted molar refractivity (Wildman–Crippen MR) is 77.2 cm³/mol. The second kappa shape index (κ2) is 5.76. The van der Waals surface area contributed by atoms with E-state index in [1.165, 1.54) is 23.9 Å². The number of hydrogen-bond acceptors (Lipinski definition) is 3. The van der Waals surface area contributed by atoms with Gasteiger partial charge in [0.2, 0.25) is 0 Å². The van der Waals surface area contributed by atoms with Crippen LogP contribution in [-0.2, 0) is 16.4 Å². The fraction of sp³-hybridized carbons (Fsp3) is 0.133. The summed E-state index contributed by atoms with van der Waals surface area (Å²) in [7, 11) is -3.74. The molecule has 4 nitrogen and oxygen atoms in total. The smallest absolute Gasteiger partial charge is 0.215 e. The fourth-order valence-corrected chi connectivity index (χ4v) is 2.78. The Morgan fingerprint density at radius 1 is 1.10 bits per heavy atom. The van der Waals surface area contributed by atoms with Gasteiger partial charge in [-0.15, -0.1) is 0 Å². The molecule has 0 aliphatic heterocycles. The minimum atomic E-state index is -3.74. The summed E-state index contributed by atoms with van der Waals surface area (Å²) in [5, 5.41) is 8.42. The molecule has 0 saturated carbocycles. The molecule has 2 rings (SSSR count). The van der Waals surface area contributed by atoms with Crippen LogP contribution in [0.3, 0.4) is 0 Å². The first-order valence-electron chi connectivity index (χ1n) is 6.17. The van der Waals surface area contributed by atoms with Crippen LogP contribution in [0.25, 0.3) is 11.1 Å². The number of hydrogen-bond donors (Lipinski definition) is 1. The van der Waals surface area contributed by atoms with Gasteiger partial charge < -0.3 is 0 Å². The number of sulfonamides is 1. The van der Waals surface area contributed by atoms with E-state index >= 15 is 0 Å². The minimum absolute atomic E-state index is 0.0804. The van der Waals surface area contributed by atoms with Crippen LogP contribution >= 0.6 is 0 Å². The van der Waals surface area contributed by atoms with E-state index in [-0.39, 0.29) is 4.90 Å². The Balaban J connectivity index is 2.41. The summed E-state index contributed by atoms with van der Waals surface area (Å²) >= 11 is 0. The largest absolute Gasteiger partial charge is 0.270 e. The lowest BCUT2D eigenvalue weighted by Crippen LogP contribution is -2.17. The van der Waals surface area contributed by atoms with Crippen molar-refractivity contribution in [3.8, 4) is 17.3 Å². The van der Waals surface area contributed by atoms with Gasteiger partial charge in [0.1, 0.15) is 0 Å². The molecule has 20 heavy (non-hydrogen) atoms. The molecular formula is C15H14N2O2S. The lowest BCUT2D eigenvalue weighted by Gasteiger charge is -2.08. The third-order valence-electron chi connectivity index (χ3n) is 3.05. The normalized spacial score (nSPS) is 10.8. The van der Waals surface area contributed by atoms with Crippen molar-refractivity contribution in [2.45, 2.75) is 18.2 Å². The molecule has 1 N–H and O–H groups in total. The monoisotopic (exact) mass is 286 g/mol. The maximum atomic E-state index is 11.7. The maximum absolute atomic E-state index is 11.7. The van der Waals surface area contributed by atoms with E-state index in [1.54, 1.807) is 16.9 Å². The average molecular weight is 286 g/mol. The molecule has 0 heterocycles. The third kappa shape index (κ3) is 2.81. The first kappa shape index (κ1) is 14.1. The molecule has 2 aromatic rings. The standard InChI is InChI=1S/C15H14N2O2S/c1-2-12-5-3-4-6-15(12)13-7-9-14(10-8-13)20(18,19)17-11-16/h3-10,17H,2H2,1H3. The van der Waals surface area contributed by atoms with Crippen LogP contribution in [0.15, 0.2) is 53.4 Å². The Bertz CT molecular complexity index is 744. The maximum Gasteiger partial charge on any atom is 0.270 e. The molecule has 0 amide bonds. The summed E-state index contributed by atoms with van der Waals surface area (Å²) in [6.07, 6.45) is 2.34. The van der Waals surface area contributed by atoms with Crippen molar-refractivity contribution in [3.63, 3.8) is 0 Å². The molecule has 0 aliphatic rings. The summed E-state index contributed by atoms with van der Waals surface area (Å²) < 4.78 is 25.1. The van der Waals surface area contributed by atoms with Crippen LogP contribution in [0.4, 0.5) is 0 Å². The Labute approximate surface area is 118 Å². The molecule has 0 radical (unpaired) electrons. The molecule has 0 atom stereocenters. The highest BCUT2D eigenvalue weighted by atomic mass is 32.2. The van der Waals surface area contributed by atoms with Gasteiger partial charge in [-0.25, -0.2) is 13.1 Å². The molecular weight excluding hydrogens is 272 g/mol. The molecule has 0 aromatic heterocycles. The lowest BCUT2D eigenvalue weighted by molar-refractivity contribution is 0.591. The van der Waals surface area contributed by atoms with Gasteiger partial charge in [0.05, 0.1) is 4.90 Å². The number of aryl methyl sites for hydroxylation is 1. The van der Waals surface area contributed by atoms with Crippen molar-refractivity contribution in [2.75, 3.05) is 0 Å². The van der Waals surface area contributed by atoms with E-state index in [4.69, 9.17) is 5.26 Å². The molecule has 0 spiro atoms. The third-order valence-corrected chi connectivity index (χ3v) is 4.31. The highest BCUT2D eigenvalue weighted by Gasteiger charge is 2.13. The summed E-state index contributed by atoms with van der Waals surface area (Å²) in [4.78, 5) is 0.0804. The van der Waals surface area contributed by atoms with E-state index in [9.17, 15) is 8.42 Å². The van der Waals surface area contributed by atoms with E-state index in [1.807, 2.05) is 18.2 Å². The molecule has 0 unspecified atom stereocenters. The van der Waals surface area contributed by atoms with E-state index in [0.717, 1.165) is 17.5 Å². The van der Waals surface area contributed by atoms with Crippen molar-refractivity contribution >= 4 is 10.0 Å². The van der Waals surface area contributed by atoms with Crippen LogP contribution in [-0.4, -0.2) is 8.42 Å². The van der Waals surface area contributed by atoms with Crippen LogP contribution in [0.2, 0.25) is 0 Å². The van der Waals surface area contributed by atoms with Gasteiger partial charge in [0.15, 0.2) is 6.19 Å². The Morgan fingerprint density at radius 3 is 2.35 bits per heavy atom. The molecule has 102 valence electrons. The zero-order valence-corrected chi connectivity index (χ0v) is 11.8. The van der Waals surface area contributed by atoms with Crippen LogP contribution in [0, 0.1) is 11.5 Å². The number of benzene rings is 2. The second-order valence-electron chi connectivity index (χ2n) is 4.25. The van der Waals surface area contributed by atoms with Gasteiger partial charge in [-0.1, -0.05) is 43.3 Å². The molecule has 5 heteroatoms. The molecule has 0 aliphatic carbocycles. The highest BCUT2D eigenvalue weighted by Crippen LogP contribution is 2.25. The summed E-state index contributed by atoms with van der Waals surface area (Å²) in [5.74, 6) is 0. The van der Waals surface area contributed by atoms with Crippen LogP contribution in [0.1, 0.15) is 12.5 Å². The number of nitrogens with one attached hydrogen (secondary N) is 1.